The number of carbonyl (C=O) groups is 1. The van der Waals surface area contributed by atoms with Crippen molar-refractivity contribution in [1.29, 1.82) is 0 Å². The Hall–Kier alpha value is -1.23. The molecule has 2 heterocycles. The van der Waals surface area contributed by atoms with Gasteiger partial charge in [-0.15, -0.1) is 0 Å². The van der Waals surface area contributed by atoms with E-state index >= 15 is 0 Å². The van der Waals surface area contributed by atoms with Crippen LogP contribution in [0.15, 0.2) is 11.8 Å². The second kappa shape index (κ2) is 7.36. The Morgan fingerprint density at radius 3 is 2.50 bits per heavy atom. The number of carbonyl (C=O) groups excluding carboxylic acids is 1. The highest BCUT2D eigenvalue weighted by atomic mass is 16.6. The van der Waals surface area contributed by atoms with Gasteiger partial charge in [-0.25, -0.2) is 4.79 Å². The topological polar surface area (TPSA) is 48.0 Å². The molecule has 5 nitrogen and oxygen atoms in total. The van der Waals surface area contributed by atoms with Gasteiger partial charge in [-0.3, -0.25) is 0 Å². The van der Waals surface area contributed by atoms with Crippen LogP contribution in [-0.4, -0.2) is 49.5 Å². The molecule has 1 amide bonds. The van der Waals surface area contributed by atoms with Crippen molar-refractivity contribution in [2.75, 3.05) is 26.9 Å². The highest BCUT2D eigenvalue weighted by Crippen LogP contribution is 2.34. The number of rotatable bonds is 3. The number of methoxy groups -OCH3 is 1. The second-order valence-electron chi connectivity index (χ2n) is 7.07. The molecule has 0 saturated carbocycles. The number of hydrogen-bond acceptors (Lipinski definition) is 4. The summed E-state index contributed by atoms with van der Waals surface area (Å²) < 4.78 is 16.3. The predicted octanol–water partition coefficient (Wildman–Crippen LogP) is 3.34. The molecular weight excluding hydrogens is 282 g/mol. The molecule has 0 aromatic carbocycles. The van der Waals surface area contributed by atoms with E-state index in [0.717, 1.165) is 45.4 Å². The van der Waals surface area contributed by atoms with E-state index in [1.807, 2.05) is 31.9 Å². The number of amides is 1. The molecule has 0 aliphatic carbocycles. The summed E-state index contributed by atoms with van der Waals surface area (Å²) in [5.41, 5.74) is 0.753. The number of nitrogens with zero attached hydrogens (tertiary/aromatic N) is 1. The van der Waals surface area contributed by atoms with Gasteiger partial charge in [0.15, 0.2) is 0 Å². The molecule has 0 aromatic rings. The number of likely N-dealkylation sites (tertiary alicyclic amines) is 1. The molecule has 0 unspecified atom stereocenters. The van der Waals surface area contributed by atoms with Crippen molar-refractivity contribution in [2.45, 2.75) is 58.1 Å². The van der Waals surface area contributed by atoms with Crippen LogP contribution < -0.4 is 0 Å². The van der Waals surface area contributed by atoms with E-state index in [9.17, 15) is 4.79 Å². The first-order chi connectivity index (χ1) is 10.4. The Balaban J connectivity index is 2.12. The summed E-state index contributed by atoms with van der Waals surface area (Å²) in [6, 6.07) is 0.0953. The van der Waals surface area contributed by atoms with Crippen LogP contribution in [0.1, 0.15) is 46.5 Å². The van der Waals surface area contributed by atoms with E-state index in [0.29, 0.717) is 5.92 Å². The van der Waals surface area contributed by atoms with Crippen LogP contribution in [0.2, 0.25) is 0 Å². The molecule has 0 bridgehead atoms. The minimum absolute atomic E-state index is 0.0953. The Morgan fingerprint density at radius 1 is 1.23 bits per heavy atom. The summed E-state index contributed by atoms with van der Waals surface area (Å²) in [6.07, 6.45) is 5.59. The van der Waals surface area contributed by atoms with Gasteiger partial charge in [0.1, 0.15) is 5.60 Å². The number of ether oxygens (including phenoxy) is 3. The van der Waals surface area contributed by atoms with Gasteiger partial charge >= 0.3 is 6.09 Å². The van der Waals surface area contributed by atoms with Crippen molar-refractivity contribution in [3.05, 3.63) is 11.8 Å². The minimum Gasteiger partial charge on any atom is -0.504 e. The van der Waals surface area contributed by atoms with Crippen LogP contribution in [0.25, 0.3) is 0 Å². The summed E-state index contributed by atoms with van der Waals surface area (Å²) in [4.78, 5) is 14.3. The smallest absolute Gasteiger partial charge is 0.410 e. The summed E-state index contributed by atoms with van der Waals surface area (Å²) in [5, 5.41) is 0. The standard InChI is InChI=1S/C17H29NO4/c1-17(2,3)22-16(19)18-9-5-6-15(18)14(12-20-4)13-7-10-21-11-8-13/h12-13,15H,5-11H2,1-4H3/t15-/m1/s1. The third-order valence-electron chi connectivity index (χ3n) is 4.21. The van der Waals surface area contributed by atoms with Gasteiger partial charge in [-0.05, 0) is 57.9 Å². The van der Waals surface area contributed by atoms with Gasteiger partial charge in [0, 0.05) is 19.8 Å². The molecule has 0 radical (unpaired) electrons. The molecule has 2 rings (SSSR count). The maximum atomic E-state index is 12.5. The predicted molar refractivity (Wildman–Crippen MR) is 84.6 cm³/mol. The molecule has 0 N–H and O–H groups in total. The summed E-state index contributed by atoms with van der Waals surface area (Å²) in [6.45, 7) is 8.03. The molecule has 2 saturated heterocycles. The molecule has 2 aliphatic rings. The van der Waals surface area contributed by atoms with Crippen molar-refractivity contribution in [1.82, 2.24) is 4.90 Å². The summed E-state index contributed by atoms with van der Waals surface area (Å²) in [5.74, 6) is 0.432. The van der Waals surface area contributed by atoms with E-state index < -0.39 is 5.60 Å². The Bertz CT molecular complexity index is 407. The monoisotopic (exact) mass is 311 g/mol. The Kier molecular flexibility index (Phi) is 5.73. The van der Waals surface area contributed by atoms with E-state index in [1.54, 1.807) is 7.11 Å². The third kappa shape index (κ3) is 4.38. The SMILES string of the molecule is COC=C(C1CCOCC1)[C@H]1CCCN1C(=O)OC(C)(C)C. The maximum Gasteiger partial charge on any atom is 0.410 e. The fraction of sp³-hybridized carbons (Fsp3) is 0.824. The third-order valence-corrected chi connectivity index (χ3v) is 4.21. The zero-order valence-corrected chi connectivity index (χ0v) is 14.3. The first-order valence-corrected chi connectivity index (χ1v) is 8.22. The first-order valence-electron chi connectivity index (χ1n) is 8.22. The normalized spacial score (nSPS) is 24.5. The molecule has 0 spiro atoms. The summed E-state index contributed by atoms with van der Waals surface area (Å²) >= 11 is 0. The van der Waals surface area contributed by atoms with Gasteiger partial charge in [0.25, 0.3) is 0 Å². The van der Waals surface area contributed by atoms with Crippen LogP contribution in [0.4, 0.5) is 4.79 Å². The van der Waals surface area contributed by atoms with Crippen LogP contribution in [0.5, 0.6) is 0 Å². The highest BCUT2D eigenvalue weighted by Gasteiger charge is 2.37. The van der Waals surface area contributed by atoms with Gasteiger partial charge in [-0.1, -0.05) is 0 Å². The molecule has 5 heteroatoms. The van der Waals surface area contributed by atoms with Crippen molar-refractivity contribution in [3.8, 4) is 0 Å². The average Bonchev–Trinajstić information content (AvgIpc) is 2.93. The molecule has 1 atom stereocenters. The lowest BCUT2D eigenvalue weighted by atomic mass is 9.86. The maximum absolute atomic E-state index is 12.5. The van der Waals surface area contributed by atoms with Crippen molar-refractivity contribution in [2.24, 2.45) is 5.92 Å². The van der Waals surface area contributed by atoms with Gasteiger partial charge in [-0.2, -0.15) is 0 Å². The quantitative estimate of drug-likeness (QED) is 0.750. The Labute approximate surface area is 133 Å². The van der Waals surface area contributed by atoms with E-state index in [1.165, 1.54) is 5.57 Å². The van der Waals surface area contributed by atoms with Crippen molar-refractivity contribution >= 4 is 6.09 Å². The van der Waals surface area contributed by atoms with Gasteiger partial charge in [0.05, 0.1) is 19.4 Å². The first kappa shape index (κ1) is 17.1. The van der Waals surface area contributed by atoms with Gasteiger partial charge < -0.3 is 19.1 Å². The van der Waals surface area contributed by atoms with Crippen molar-refractivity contribution < 1.29 is 19.0 Å². The molecule has 126 valence electrons. The lowest BCUT2D eigenvalue weighted by Crippen LogP contribution is -2.42. The summed E-state index contributed by atoms with van der Waals surface area (Å²) in [7, 11) is 1.67. The fourth-order valence-corrected chi connectivity index (χ4v) is 3.27. The number of hydrogen-bond donors (Lipinski definition) is 0. The van der Waals surface area contributed by atoms with Crippen LogP contribution in [-0.2, 0) is 14.2 Å². The molecule has 22 heavy (non-hydrogen) atoms. The lowest BCUT2D eigenvalue weighted by molar-refractivity contribution is 0.0226. The van der Waals surface area contributed by atoms with Crippen LogP contribution in [0.3, 0.4) is 0 Å². The second-order valence-corrected chi connectivity index (χ2v) is 7.07. The minimum atomic E-state index is -0.464. The van der Waals surface area contributed by atoms with E-state index in [2.05, 4.69) is 0 Å². The lowest BCUT2D eigenvalue weighted by Gasteiger charge is -2.33. The van der Waals surface area contributed by atoms with E-state index in [-0.39, 0.29) is 12.1 Å². The van der Waals surface area contributed by atoms with Crippen LogP contribution >= 0.6 is 0 Å². The Morgan fingerprint density at radius 2 is 1.91 bits per heavy atom. The van der Waals surface area contributed by atoms with Crippen molar-refractivity contribution in [3.63, 3.8) is 0 Å². The van der Waals surface area contributed by atoms with E-state index in [4.69, 9.17) is 14.2 Å². The molecule has 0 aromatic heterocycles. The zero-order valence-electron chi connectivity index (χ0n) is 14.3. The zero-order chi connectivity index (χ0) is 16.2. The molecule has 2 aliphatic heterocycles. The van der Waals surface area contributed by atoms with Gasteiger partial charge in [0.2, 0.25) is 0 Å². The molecule has 2 fully saturated rings. The largest absolute Gasteiger partial charge is 0.504 e. The molecular formula is C17H29NO4. The highest BCUT2D eigenvalue weighted by molar-refractivity contribution is 5.69. The average molecular weight is 311 g/mol. The fourth-order valence-electron chi connectivity index (χ4n) is 3.27. The van der Waals surface area contributed by atoms with Crippen LogP contribution in [0, 0.1) is 5.92 Å².